The summed E-state index contributed by atoms with van der Waals surface area (Å²) in [6, 6.07) is 8.98. The quantitative estimate of drug-likeness (QED) is 0.753. The number of anilines is 2. The number of nitrogens with two attached hydrogens (primary N) is 2. The highest BCUT2D eigenvalue weighted by Gasteiger charge is 1.93. The van der Waals surface area contributed by atoms with Gasteiger partial charge in [0.15, 0.2) is 0 Å². The number of rotatable bonds is 0. The Bertz CT molecular complexity index is 482. The van der Waals surface area contributed by atoms with Gasteiger partial charge in [-0.3, -0.25) is 0 Å². The first kappa shape index (κ1) is 13.3. The molecule has 0 fully saturated rings. The lowest BCUT2D eigenvalue weighted by Crippen LogP contribution is -1.90. The molecule has 0 bridgehead atoms. The van der Waals surface area contributed by atoms with E-state index in [-0.39, 0.29) is 0 Å². The minimum Gasteiger partial charge on any atom is -0.384 e. The number of hydrogen-bond acceptors (Lipinski definition) is 4. The summed E-state index contributed by atoms with van der Waals surface area (Å²) in [7, 11) is 0. The summed E-state index contributed by atoms with van der Waals surface area (Å²) in [5.74, 6) is 1.10. The van der Waals surface area contributed by atoms with Crippen LogP contribution in [0.4, 0.5) is 11.6 Å². The number of nitrogen functional groups attached to an aromatic ring is 2. The first-order valence-electron chi connectivity index (χ1n) is 5.07. The molecule has 17 heavy (non-hydrogen) atoms. The molecule has 90 valence electrons. The van der Waals surface area contributed by atoms with Gasteiger partial charge in [-0.15, -0.1) is 0 Å². The van der Waals surface area contributed by atoms with Crippen LogP contribution in [0.25, 0.3) is 0 Å². The zero-order valence-electron chi connectivity index (χ0n) is 9.81. The van der Waals surface area contributed by atoms with Gasteiger partial charge in [0.05, 0.1) is 10.7 Å². The summed E-state index contributed by atoms with van der Waals surface area (Å²) in [6.45, 7) is 3.73. The number of aryl methyl sites for hydroxylation is 2. The highest BCUT2D eigenvalue weighted by atomic mass is 35.5. The zero-order chi connectivity index (χ0) is 12.8. The number of aromatic nitrogens is 2. The Hall–Kier alpha value is -1.81. The molecular formula is C12H15ClN4. The molecule has 0 radical (unpaired) electrons. The van der Waals surface area contributed by atoms with E-state index in [9.17, 15) is 0 Å². The summed E-state index contributed by atoms with van der Waals surface area (Å²) in [5.41, 5.74) is 12.4. The van der Waals surface area contributed by atoms with Crippen molar-refractivity contribution >= 4 is 23.2 Å². The molecule has 0 aromatic carbocycles. The molecule has 0 aliphatic heterocycles. The SMILES string of the molecule is Cc1cccc(N)n1.Cc1nc(N)ccc1Cl. The molecule has 4 N–H and O–H groups in total. The van der Waals surface area contributed by atoms with Crippen LogP contribution < -0.4 is 11.5 Å². The molecule has 4 nitrogen and oxygen atoms in total. The van der Waals surface area contributed by atoms with E-state index in [1.807, 2.05) is 26.0 Å². The Balaban J connectivity index is 0.000000171. The lowest BCUT2D eigenvalue weighted by molar-refractivity contribution is 1.21. The first-order chi connectivity index (χ1) is 7.99. The lowest BCUT2D eigenvalue weighted by Gasteiger charge is -1.95. The maximum absolute atomic E-state index is 5.66. The second kappa shape index (κ2) is 6.06. The molecule has 5 heteroatoms. The maximum Gasteiger partial charge on any atom is 0.123 e. The Morgan fingerprint density at radius 2 is 1.59 bits per heavy atom. The standard InChI is InChI=1S/C6H7ClN2.C6H8N2/c1-4-5(7)2-3-6(8)9-4;1-5-3-2-4-6(7)8-5/h2-3H,1H3,(H2,8,9);2-4H,1H3,(H2,7,8). The number of hydrogen-bond donors (Lipinski definition) is 2. The van der Waals surface area contributed by atoms with Gasteiger partial charge in [-0.2, -0.15) is 0 Å². The van der Waals surface area contributed by atoms with Crippen LogP contribution in [-0.2, 0) is 0 Å². The maximum atomic E-state index is 5.66. The van der Waals surface area contributed by atoms with Crippen LogP contribution in [0.15, 0.2) is 30.3 Å². The lowest BCUT2D eigenvalue weighted by atomic mass is 10.4. The van der Waals surface area contributed by atoms with Gasteiger partial charge in [-0.05, 0) is 38.1 Å². The van der Waals surface area contributed by atoms with Crippen molar-refractivity contribution in [2.45, 2.75) is 13.8 Å². The highest BCUT2D eigenvalue weighted by molar-refractivity contribution is 6.31. The number of pyridine rings is 2. The summed E-state index contributed by atoms with van der Waals surface area (Å²) in [4.78, 5) is 7.87. The van der Waals surface area contributed by atoms with Gasteiger partial charge in [-0.25, -0.2) is 9.97 Å². The Morgan fingerprint density at radius 3 is 2.00 bits per heavy atom. The summed E-state index contributed by atoms with van der Waals surface area (Å²) in [6.07, 6.45) is 0. The van der Waals surface area contributed by atoms with E-state index in [1.165, 1.54) is 0 Å². The summed E-state index contributed by atoms with van der Waals surface area (Å²) < 4.78 is 0. The van der Waals surface area contributed by atoms with Crippen LogP contribution in [-0.4, -0.2) is 9.97 Å². The third kappa shape index (κ3) is 4.70. The molecule has 0 saturated carbocycles. The normalized spacial score (nSPS) is 9.35. The van der Waals surface area contributed by atoms with Gasteiger partial charge < -0.3 is 11.5 Å². The van der Waals surface area contributed by atoms with Gasteiger partial charge in [0.2, 0.25) is 0 Å². The van der Waals surface area contributed by atoms with E-state index < -0.39 is 0 Å². The number of halogens is 1. The van der Waals surface area contributed by atoms with Crippen molar-refractivity contribution in [3.05, 3.63) is 46.7 Å². The minimum atomic E-state index is 0.511. The largest absolute Gasteiger partial charge is 0.384 e. The average molecular weight is 251 g/mol. The molecule has 0 aliphatic carbocycles. The van der Waals surface area contributed by atoms with E-state index in [1.54, 1.807) is 18.2 Å². The van der Waals surface area contributed by atoms with Crippen molar-refractivity contribution in [2.75, 3.05) is 11.5 Å². The first-order valence-corrected chi connectivity index (χ1v) is 5.44. The molecule has 0 unspecified atom stereocenters. The molecule has 0 amide bonds. The Morgan fingerprint density at radius 1 is 0.941 bits per heavy atom. The third-order valence-corrected chi connectivity index (χ3v) is 2.35. The number of nitrogens with zero attached hydrogens (tertiary/aromatic N) is 2. The second-order valence-corrected chi connectivity index (χ2v) is 3.91. The van der Waals surface area contributed by atoms with E-state index in [4.69, 9.17) is 23.1 Å². The fraction of sp³-hybridized carbons (Fsp3) is 0.167. The van der Waals surface area contributed by atoms with Gasteiger partial charge in [0, 0.05) is 5.69 Å². The van der Waals surface area contributed by atoms with Crippen LogP contribution in [0.1, 0.15) is 11.4 Å². The van der Waals surface area contributed by atoms with Gasteiger partial charge in [-0.1, -0.05) is 17.7 Å². The van der Waals surface area contributed by atoms with Crippen LogP contribution in [0.2, 0.25) is 5.02 Å². The predicted octanol–water partition coefficient (Wildman–Crippen LogP) is 2.60. The average Bonchev–Trinajstić information content (AvgIpc) is 2.24. The predicted molar refractivity (Wildman–Crippen MR) is 71.8 cm³/mol. The summed E-state index contributed by atoms with van der Waals surface area (Å²) in [5, 5.41) is 0.657. The fourth-order valence-electron chi connectivity index (χ4n) is 1.13. The molecule has 2 rings (SSSR count). The van der Waals surface area contributed by atoms with Crippen molar-refractivity contribution in [1.82, 2.24) is 9.97 Å². The molecular weight excluding hydrogens is 236 g/mol. The van der Waals surface area contributed by atoms with Gasteiger partial charge in [0.1, 0.15) is 11.6 Å². The van der Waals surface area contributed by atoms with E-state index in [0.717, 1.165) is 11.4 Å². The summed E-state index contributed by atoms with van der Waals surface area (Å²) >= 11 is 5.66. The van der Waals surface area contributed by atoms with E-state index >= 15 is 0 Å². The monoisotopic (exact) mass is 250 g/mol. The van der Waals surface area contributed by atoms with Gasteiger partial charge in [0.25, 0.3) is 0 Å². The third-order valence-electron chi connectivity index (χ3n) is 1.95. The van der Waals surface area contributed by atoms with Crippen molar-refractivity contribution in [3.63, 3.8) is 0 Å². The molecule has 2 heterocycles. The molecule has 2 aromatic rings. The second-order valence-electron chi connectivity index (χ2n) is 3.51. The van der Waals surface area contributed by atoms with E-state index in [2.05, 4.69) is 9.97 Å². The topological polar surface area (TPSA) is 77.8 Å². The van der Waals surface area contributed by atoms with E-state index in [0.29, 0.717) is 16.7 Å². The molecule has 0 saturated heterocycles. The Kier molecular flexibility index (Phi) is 4.72. The fourth-order valence-corrected chi connectivity index (χ4v) is 1.23. The van der Waals surface area contributed by atoms with Crippen molar-refractivity contribution in [3.8, 4) is 0 Å². The van der Waals surface area contributed by atoms with Crippen LogP contribution in [0.5, 0.6) is 0 Å². The molecule has 0 atom stereocenters. The smallest absolute Gasteiger partial charge is 0.123 e. The van der Waals surface area contributed by atoms with Crippen LogP contribution in [0.3, 0.4) is 0 Å². The Labute approximate surface area is 106 Å². The van der Waals surface area contributed by atoms with Crippen LogP contribution in [0, 0.1) is 13.8 Å². The van der Waals surface area contributed by atoms with Crippen molar-refractivity contribution in [1.29, 1.82) is 0 Å². The molecule has 2 aromatic heterocycles. The van der Waals surface area contributed by atoms with Gasteiger partial charge >= 0.3 is 0 Å². The van der Waals surface area contributed by atoms with Crippen molar-refractivity contribution in [2.24, 2.45) is 0 Å². The van der Waals surface area contributed by atoms with Crippen LogP contribution >= 0.6 is 11.6 Å². The molecule has 0 aliphatic rings. The zero-order valence-corrected chi connectivity index (χ0v) is 10.6. The molecule has 0 spiro atoms. The van der Waals surface area contributed by atoms with Crippen molar-refractivity contribution < 1.29 is 0 Å². The minimum absolute atomic E-state index is 0.511. The highest BCUT2D eigenvalue weighted by Crippen LogP contribution is 2.12.